The molecule has 0 heterocycles. The first kappa shape index (κ1) is 12.3. The number of allylic oxidation sites excluding steroid dienone is 1. The van der Waals surface area contributed by atoms with E-state index in [9.17, 15) is 0 Å². The Morgan fingerprint density at radius 2 is 1.87 bits per heavy atom. The number of halogens is 1. The van der Waals surface area contributed by atoms with Crippen molar-refractivity contribution in [2.45, 2.75) is 33.1 Å². The smallest absolute Gasteiger partial charge is 0.0532 e. The van der Waals surface area contributed by atoms with Crippen molar-refractivity contribution >= 4 is 27.7 Å². The summed E-state index contributed by atoms with van der Waals surface area (Å²) in [4.78, 5) is 0. The number of hydrogen-bond donors (Lipinski definition) is 1. The first-order chi connectivity index (χ1) is 6.86. The average Bonchev–Trinajstić information content (AvgIpc) is 2.11. The van der Waals surface area contributed by atoms with E-state index in [0.29, 0.717) is 0 Å². The highest BCUT2D eigenvalue weighted by Crippen LogP contribution is 2.32. The Hall–Kier alpha value is -0.760. The first-order valence-corrected chi connectivity index (χ1v) is 5.87. The minimum absolute atomic E-state index is 0.145. The second-order valence-corrected chi connectivity index (χ2v) is 5.57. The Balaban J connectivity index is 3.36. The van der Waals surface area contributed by atoms with Gasteiger partial charge in [0.1, 0.15) is 0 Å². The average molecular weight is 268 g/mol. The summed E-state index contributed by atoms with van der Waals surface area (Å²) in [5.74, 6) is 0. The normalized spacial score (nSPS) is 12.3. The maximum absolute atomic E-state index is 5.98. The van der Waals surface area contributed by atoms with Crippen LogP contribution in [0.5, 0.6) is 0 Å². The van der Waals surface area contributed by atoms with Crippen molar-refractivity contribution in [3.05, 3.63) is 33.8 Å². The van der Waals surface area contributed by atoms with Crippen molar-refractivity contribution in [3.8, 4) is 0 Å². The maximum atomic E-state index is 5.98. The molecule has 0 aliphatic rings. The molecule has 0 fully saturated rings. The second-order valence-electron chi connectivity index (χ2n) is 4.71. The van der Waals surface area contributed by atoms with E-state index in [1.54, 1.807) is 0 Å². The predicted molar refractivity (Wildman–Crippen MR) is 72.0 cm³/mol. The summed E-state index contributed by atoms with van der Waals surface area (Å²) in [6.45, 7) is 8.59. The molecule has 2 N–H and O–H groups in total. The molecule has 0 unspecified atom stereocenters. The summed E-state index contributed by atoms with van der Waals surface area (Å²) >= 11 is 3.50. The molecule has 0 bridgehead atoms. The van der Waals surface area contributed by atoms with Gasteiger partial charge in [0.25, 0.3) is 0 Å². The lowest BCUT2D eigenvalue weighted by Crippen LogP contribution is -2.11. The third-order valence-corrected chi connectivity index (χ3v) is 3.03. The zero-order chi connectivity index (χ0) is 11.6. The third kappa shape index (κ3) is 2.85. The van der Waals surface area contributed by atoms with Crippen LogP contribution in [0.4, 0.5) is 5.69 Å². The minimum atomic E-state index is 0.145. The molecule has 1 rings (SSSR count). The van der Waals surface area contributed by atoms with E-state index in [0.717, 1.165) is 15.7 Å². The topological polar surface area (TPSA) is 26.0 Å². The van der Waals surface area contributed by atoms with E-state index in [2.05, 4.69) is 48.8 Å². The summed E-state index contributed by atoms with van der Waals surface area (Å²) in [6, 6.07) is 4.25. The SMILES string of the molecule is C/C=C/c1cc(C(C)(C)C)cc(Br)c1N. The summed E-state index contributed by atoms with van der Waals surface area (Å²) in [6.07, 6.45) is 4.04. The van der Waals surface area contributed by atoms with Gasteiger partial charge in [-0.25, -0.2) is 0 Å². The molecule has 0 aliphatic carbocycles. The van der Waals surface area contributed by atoms with Crippen molar-refractivity contribution in [1.29, 1.82) is 0 Å². The van der Waals surface area contributed by atoms with Gasteiger partial charge in [0.15, 0.2) is 0 Å². The molecule has 0 aliphatic heterocycles. The predicted octanol–water partition coefficient (Wildman–Crippen LogP) is 4.36. The van der Waals surface area contributed by atoms with Gasteiger partial charge in [-0.3, -0.25) is 0 Å². The molecule has 0 saturated carbocycles. The molecule has 0 radical (unpaired) electrons. The number of rotatable bonds is 1. The van der Waals surface area contributed by atoms with E-state index in [-0.39, 0.29) is 5.41 Å². The van der Waals surface area contributed by atoms with Crippen LogP contribution in [0, 0.1) is 0 Å². The highest BCUT2D eigenvalue weighted by atomic mass is 79.9. The van der Waals surface area contributed by atoms with Crippen LogP contribution in [-0.2, 0) is 5.41 Å². The number of hydrogen-bond acceptors (Lipinski definition) is 1. The molecule has 0 spiro atoms. The number of benzene rings is 1. The summed E-state index contributed by atoms with van der Waals surface area (Å²) in [5.41, 5.74) is 9.30. The molecule has 0 amide bonds. The monoisotopic (exact) mass is 267 g/mol. The minimum Gasteiger partial charge on any atom is -0.397 e. The van der Waals surface area contributed by atoms with Crippen molar-refractivity contribution in [3.63, 3.8) is 0 Å². The Labute approximate surface area is 101 Å². The van der Waals surface area contributed by atoms with E-state index < -0.39 is 0 Å². The Bertz CT molecular complexity index is 386. The highest BCUT2D eigenvalue weighted by Gasteiger charge is 2.16. The van der Waals surface area contributed by atoms with Gasteiger partial charge in [-0.05, 0) is 51.5 Å². The van der Waals surface area contributed by atoms with Gasteiger partial charge in [0.2, 0.25) is 0 Å². The molecule has 1 nitrogen and oxygen atoms in total. The van der Waals surface area contributed by atoms with Crippen LogP contribution >= 0.6 is 15.9 Å². The summed E-state index contributed by atoms with van der Waals surface area (Å²) in [5, 5.41) is 0. The van der Waals surface area contributed by atoms with Gasteiger partial charge in [0, 0.05) is 4.47 Å². The fourth-order valence-electron chi connectivity index (χ4n) is 1.39. The van der Waals surface area contributed by atoms with Crippen LogP contribution in [0.25, 0.3) is 6.08 Å². The lowest BCUT2D eigenvalue weighted by atomic mass is 9.86. The molecule has 15 heavy (non-hydrogen) atoms. The van der Waals surface area contributed by atoms with E-state index in [1.807, 2.05) is 19.1 Å². The molecule has 82 valence electrons. The Morgan fingerprint density at radius 3 is 2.33 bits per heavy atom. The van der Waals surface area contributed by atoms with Crippen LogP contribution in [0.2, 0.25) is 0 Å². The number of nitrogen functional groups attached to an aromatic ring is 1. The number of anilines is 1. The Morgan fingerprint density at radius 1 is 1.27 bits per heavy atom. The quantitative estimate of drug-likeness (QED) is 0.752. The molecule has 1 aromatic carbocycles. The molecule has 1 aromatic rings. The zero-order valence-electron chi connectivity index (χ0n) is 9.76. The zero-order valence-corrected chi connectivity index (χ0v) is 11.4. The first-order valence-electron chi connectivity index (χ1n) is 5.08. The van der Waals surface area contributed by atoms with Gasteiger partial charge in [-0.15, -0.1) is 0 Å². The van der Waals surface area contributed by atoms with Crippen LogP contribution in [0.3, 0.4) is 0 Å². The van der Waals surface area contributed by atoms with E-state index in [1.165, 1.54) is 5.56 Å². The van der Waals surface area contributed by atoms with Crippen molar-refractivity contribution in [2.24, 2.45) is 0 Å². The van der Waals surface area contributed by atoms with Gasteiger partial charge in [-0.2, -0.15) is 0 Å². The van der Waals surface area contributed by atoms with Crippen molar-refractivity contribution < 1.29 is 0 Å². The highest BCUT2D eigenvalue weighted by molar-refractivity contribution is 9.10. The fourth-order valence-corrected chi connectivity index (χ4v) is 1.87. The Kier molecular flexibility index (Phi) is 3.61. The largest absolute Gasteiger partial charge is 0.397 e. The lowest BCUT2D eigenvalue weighted by Gasteiger charge is -2.21. The van der Waals surface area contributed by atoms with Crippen LogP contribution in [0.1, 0.15) is 38.8 Å². The van der Waals surface area contributed by atoms with Crippen LogP contribution < -0.4 is 5.73 Å². The molecule has 2 heteroatoms. The summed E-state index contributed by atoms with van der Waals surface area (Å²) in [7, 11) is 0. The molecule has 0 aromatic heterocycles. The maximum Gasteiger partial charge on any atom is 0.0532 e. The molecular formula is C13H18BrN. The third-order valence-electron chi connectivity index (χ3n) is 2.37. The van der Waals surface area contributed by atoms with Crippen LogP contribution in [0.15, 0.2) is 22.7 Å². The van der Waals surface area contributed by atoms with Crippen molar-refractivity contribution in [1.82, 2.24) is 0 Å². The van der Waals surface area contributed by atoms with Crippen LogP contribution in [-0.4, -0.2) is 0 Å². The summed E-state index contributed by atoms with van der Waals surface area (Å²) < 4.78 is 0.975. The van der Waals surface area contributed by atoms with Gasteiger partial charge in [-0.1, -0.05) is 32.9 Å². The molecular weight excluding hydrogens is 250 g/mol. The van der Waals surface area contributed by atoms with E-state index in [4.69, 9.17) is 5.73 Å². The standard InChI is InChI=1S/C13H18BrN/c1-5-6-9-7-10(13(2,3)4)8-11(14)12(9)15/h5-8H,15H2,1-4H3/b6-5+. The second kappa shape index (κ2) is 4.40. The number of nitrogens with two attached hydrogens (primary N) is 1. The van der Waals surface area contributed by atoms with Crippen molar-refractivity contribution in [2.75, 3.05) is 5.73 Å². The molecule has 0 atom stereocenters. The van der Waals surface area contributed by atoms with Gasteiger partial charge < -0.3 is 5.73 Å². The van der Waals surface area contributed by atoms with E-state index >= 15 is 0 Å². The molecule has 0 saturated heterocycles. The lowest BCUT2D eigenvalue weighted by molar-refractivity contribution is 0.590. The fraction of sp³-hybridized carbons (Fsp3) is 0.385. The van der Waals surface area contributed by atoms with Gasteiger partial charge in [0.05, 0.1) is 5.69 Å². The van der Waals surface area contributed by atoms with Gasteiger partial charge >= 0.3 is 0 Å².